The number of aliphatic hydroxyl groups excluding tert-OH is 1. The molecule has 1 N–H and O–H groups in total. The normalized spacial score (nSPS) is 24.7. The molecule has 144 valence electrons. The molecule has 0 bridgehead atoms. The van der Waals surface area contributed by atoms with Gasteiger partial charge in [-0.05, 0) is 69.2 Å². The molecule has 26 heavy (non-hydrogen) atoms. The summed E-state index contributed by atoms with van der Waals surface area (Å²) in [6.45, 7) is 3.79. The number of ketones is 1. The first-order valence-electron chi connectivity index (χ1n) is 10.2. The minimum Gasteiger partial charge on any atom is -0.491 e. The van der Waals surface area contributed by atoms with Crippen LogP contribution in [0.4, 0.5) is 0 Å². The Morgan fingerprint density at radius 1 is 1.19 bits per heavy atom. The lowest BCUT2D eigenvalue weighted by Gasteiger charge is -2.44. The molecule has 0 amide bonds. The Morgan fingerprint density at radius 3 is 2.69 bits per heavy atom. The van der Waals surface area contributed by atoms with E-state index in [0.717, 1.165) is 36.7 Å². The van der Waals surface area contributed by atoms with Gasteiger partial charge in [0, 0.05) is 19.0 Å². The number of nitrogens with zero attached hydrogens (tertiary/aromatic N) is 1. The molecule has 1 aliphatic carbocycles. The van der Waals surface area contributed by atoms with Crippen LogP contribution in [-0.4, -0.2) is 47.6 Å². The van der Waals surface area contributed by atoms with Crippen molar-refractivity contribution >= 4 is 5.78 Å². The van der Waals surface area contributed by atoms with Gasteiger partial charge < -0.3 is 14.6 Å². The summed E-state index contributed by atoms with van der Waals surface area (Å²) in [6.07, 6.45) is 8.90. The zero-order chi connectivity index (χ0) is 18.4. The van der Waals surface area contributed by atoms with Gasteiger partial charge in [0.2, 0.25) is 0 Å². The van der Waals surface area contributed by atoms with E-state index in [1.54, 1.807) is 6.92 Å². The summed E-state index contributed by atoms with van der Waals surface area (Å²) in [5, 5.41) is 10.4. The van der Waals surface area contributed by atoms with Crippen molar-refractivity contribution in [2.75, 3.05) is 19.7 Å². The third-order valence-corrected chi connectivity index (χ3v) is 5.93. The fourth-order valence-electron chi connectivity index (χ4n) is 4.54. The molecule has 3 rings (SSSR count). The van der Waals surface area contributed by atoms with E-state index in [-0.39, 0.29) is 5.78 Å². The van der Waals surface area contributed by atoms with Gasteiger partial charge in [0.1, 0.15) is 24.2 Å². The monoisotopic (exact) mass is 359 g/mol. The minimum atomic E-state index is -0.451. The number of Topliss-reactive ketones (excluding diaryl/α,β-unsaturated/α-hetero) is 1. The van der Waals surface area contributed by atoms with E-state index >= 15 is 0 Å². The highest BCUT2D eigenvalue weighted by Gasteiger charge is 2.33. The van der Waals surface area contributed by atoms with Crippen LogP contribution < -0.4 is 4.74 Å². The van der Waals surface area contributed by atoms with Gasteiger partial charge in [-0.1, -0.05) is 25.0 Å². The van der Waals surface area contributed by atoms with Crippen molar-refractivity contribution in [3.05, 3.63) is 29.8 Å². The second kappa shape index (κ2) is 9.52. The highest BCUT2D eigenvalue weighted by Crippen LogP contribution is 2.35. The van der Waals surface area contributed by atoms with Crippen LogP contribution in [-0.2, 0) is 11.2 Å². The molecule has 4 nitrogen and oxygen atoms in total. The fourth-order valence-corrected chi connectivity index (χ4v) is 4.54. The average molecular weight is 360 g/mol. The van der Waals surface area contributed by atoms with Crippen molar-refractivity contribution < 1.29 is 14.6 Å². The molecule has 0 spiro atoms. The summed E-state index contributed by atoms with van der Waals surface area (Å²) in [5.41, 5.74) is 1.14. The van der Waals surface area contributed by atoms with Gasteiger partial charge in [-0.3, -0.25) is 4.90 Å². The molecular weight excluding hydrogens is 326 g/mol. The lowest BCUT2D eigenvalue weighted by Crippen LogP contribution is -2.50. The van der Waals surface area contributed by atoms with Gasteiger partial charge in [0.25, 0.3) is 0 Å². The third kappa shape index (κ3) is 5.55. The molecule has 1 aromatic rings. The summed E-state index contributed by atoms with van der Waals surface area (Å²) in [5.74, 6) is 1.84. The number of β-amino-alcohol motifs (C(OH)–C–C–N with tert-alkyl or cyclic N) is 1. The lowest BCUT2D eigenvalue weighted by molar-refractivity contribution is -0.116. The van der Waals surface area contributed by atoms with E-state index in [1.165, 1.54) is 38.5 Å². The molecule has 0 aromatic heterocycles. The number of likely N-dealkylation sites (tertiary alicyclic amines) is 1. The number of piperidine rings is 1. The van der Waals surface area contributed by atoms with Crippen LogP contribution in [0.15, 0.2) is 24.3 Å². The first-order valence-corrected chi connectivity index (χ1v) is 10.2. The largest absolute Gasteiger partial charge is 0.491 e. The van der Waals surface area contributed by atoms with Crippen LogP contribution in [0.3, 0.4) is 0 Å². The van der Waals surface area contributed by atoms with Crippen molar-refractivity contribution in [3.63, 3.8) is 0 Å². The van der Waals surface area contributed by atoms with Crippen molar-refractivity contribution in [1.82, 2.24) is 4.90 Å². The van der Waals surface area contributed by atoms with Crippen LogP contribution in [0.1, 0.15) is 57.4 Å². The van der Waals surface area contributed by atoms with Gasteiger partial charge in [-0.2, -0.15) is 0 Å². The number of rotatable bonds is 8. The summed E-state index contributed by atoms with van der Waals surface area (Å²) in [4.78, 5) is 13.6. The number of carbonyl (C=O) groups excluding carboxylic acids is 1. The van der Waals surface area contributed by atoms with Crippen molar-refractivity contribution in [1.29, 1.82) is 0 Å². The Labute approximate surface area is 157 Å². The lowest BCUT2D eigenvalue weighted by atomic mass is 9.78. The number of ether oxygens (including phenoxy) is 1. The number of aliphatic hydroxyl groups is 1. The quantitative estimate of drug-likeness (QED) is 0.770. The molecule has 1 heterocycles. The highest BCUT2D eigenvalue weighted by atomic mass is 16.5. The molecule has 1 aliphatic heterocycles. The molecule has 4 heteroatoms. The van der Waals surface area contributed by atoms with Gasteiger partial charge in [-0.25, -0.2) is 0 Å². The second-order valence-corrected chi connectivity index (χ2v) is 8.06. The number of carbonyl (C=O) groups is 1. The first-order chi connectivity index (χ1) is 12.6. The fraction of sp³-hybridized carbons (Fsp3) is 0.682. The maximum Gasteiger partial charge on any atom is 0.130 e. The molecule has 2 aliphatic rings. The summed E-state index contributed by atoms with van der Waals surface area (Å²) < 4.78 is 5.78. The molecule has 1 saturated carbocycles. The molecular formula is C22H33NO3. The zero-order valence-electron chi connectivity index (χ0n) is 16.0. The smallest absolute Gasteiger partial charge is 0.130 e. The Hall–Kier alpha value is -1.39. The van der Waals surface area contributed by atoms with E-state index in [2.05, 4.69) is 4.90 Å². The Kier molecular flexibility index (Phi) is 7.09. The summed E-state index contributed by atoms with van der Waals surface area (Å²) in [7, 11) is 0. The Morgan fingerprint density at radius 2 is 1.92 bits per heavy atom. The number of hydrogen-bond acceptors (Lipinski definition) is 4. The topological polar surface area (TPSA) is 49.8 Å². The molecule has 2 fully saturated rings. The Bertz CT molecular complexity index is 569. The maximum atomic E-state index is 11.1. The van der Waals surface area contributed by atoms with Crippen molar-refractivity contribution in [2.24, 2.45) is 5.92 Å². The maximum absolute atomic E-state index is 11.1. The minimum absolute atomic E-state index is 0.214. The molecule has 0 radical (unpaired) electrons. The highest BCUT2D eigenvalue weighted by molar-refractivity contribution is 5.75. The van der Waals surface area contributed by atoms with Crippen LogP contribution in [0.2, 0.25) is 0 Å². The van der Waals surface area contributed by atoms with Crippen LogP contribution in [0.25, 0.3) is 0 Å². The van der Waals surface area contributed by atoms with Crippen molar-refractivity contribution in [2.45, 2.75) is 70.4 Å². The van der Waals surface area contributed by atoms with Crippen LogP contribution in [0.5, 0.6) is 5.75 Å². The summed E-state index contributed by atoms with van der Waals surface area (Å²) >= 11 is 0. The average Bonchev–Trinajstić information content (AvgIpc) is 2.66. The predicted octanol–water partition coefficient (Wildman–Crippen LogP) is 3.60. The number of fused-ring (bicyclic) bond motifs is 1. The van der Waals surface area contributed by atoms with E-state index in [1.807, 2.05) is 24.3 Å². The standard InChI is InChI=1S/C22H33NO3/c1-17(24)8-9-18-10-12-21(13-11-18)26-16-20(25)15-23-14-4-6-19-5-2-3-7-22(19)23/h10-13,19-20,22,25H,2-9,14-16H2,1H3/t19-,20+,22+/m0/s1. The van der Waals surface area contributed by atoms with Gasteiger partial charge >= 0.3 is 0 Å². The van der Waals surface area contributed by atoms with Crippen LogP contribution in [0, 0.1) is 5.92 Å². The van der Waals surface area contributed by atoms with E-state index in [9.17, 15) is 9.90 Å². The van der Waals surface area contributed by atoms with Crippen molar-refractivity contribution in [3.8, 4) is 5.75 Å². The molecule has 1 saturated heterocycles. The zero-order valence-corrected chi connectivity index (χ0v) is 16.0. The van der Waals surface area contributed by atoms with Gasteiger partial charge in [-0.15, -0.1) is 0 Å². The SMILES string of the molecule is CC(=O)CCc1ccc(OC[C@H](O)CN2CCC[C@@H]3CCCC[C@H]32)cc1. The van der Waals surface area contributed by atoms with Crippen LogP contribution >= 0.6 is 0 Å². The summed E-state index contributed by atoms with van der Waals surface area (Å²) in [6, 6.07) is 8.54. The van der Waals surface area contributed by atoms with E-state index in [4.69, 9.17) is 4.74 Å². The van der Waals surface area contributed by atoms with Gasteiger partial charge in [0.05, 0.1) is 0 Å². The number of benzene rings is 1. The van der Waals surface area contributed by atoms with Gasteiger partial charge in [0.15, 0.2) is 0 Å². The number of hydrogen-bond donors (Lipinski definition) is 1. The number of aryl methyl sites for hydroxylation is 1. The van der Waals surface area contributed by atoms with E-state index < -0.39 is 6.10 Å². The molecule has 1 aromatic carbocycles. The second-order valence-electron chi connectivity index (χ2n) is 8.06. The first kappa shape index (κ1) is 19.4. The Balaban J connectivity index is 1.43. The molecule has 0 unspecified atom stereocenters. The third-order valence-electron chi connectivity index (χ3n) is 5.93. The van der Waals surface area contributed by atoms with E-state index in [0.29, 0.717) is 19.1 Å². The molecule has 3 atom stereocenters. The predicted molar refractivity (Wildman–Crippen MR) is 103 cm³/mol.